The quantitative estimate of drug-likeness (QED) is 0.753. The minimum atomic E-state index is -1.21. The van der Waals surface area contributed by atoms with Crippen LogP contribution in [-0.2, 0) is 9.47 Å². The molecule has 0 aromatic carbocycles. The molecule has 0 bridgehead atoms. The number of aliphatic hydroxyl groups is 1. The van der Waals surface area contributed by atoms with Gasteiger partial charge in [-0.25, -0.2) is 4.99 Å². The van der Waals surface area contributed by atoms with E-state index in [0.717, 1.165) is 5.71 Å². The van der Waals surface area contributed by atoms with E-state index in [9.17, 15) is 5.11 Å². The van der Waals surface area contributed by atoms with Gasteiger partial charge in [-0.2, -0.15) is 5.26 Å². The van der Waals surface area contributed by atoms with Crippen molar-refractivity contribution in [3.8, 4) is 6.07 Å². The summed E-state index contributed by atoms with van der Waals surface area (Å²) in [4.78, 5) is 8.80. The zero-order valence-corrected chi connectivity index (χ0v) is 16.3. The molecule has 0 atom stereocenters. The van der Waals surface area contributed by atoms with E-state index in [2.05, 4.69) is 15.3 Å². The lowest BCUT2D eigenvalue weighted by atomic mass is 10.0. The number of allylic oxidation sites excluding steroid dienone is 1. The van der Waals surface area contributed by atoms with Crippen molar-refractivity contribution in [2.24, 2.45) is 9.98 Å². The van der Waals surface area contributed by atoms with E-state index in [1.807, 2.05) is 33.8 Å². The van der Waals surface area contributed by atoms with Gasteiger partial charge in [-0.1, -0.05) is 0 Å². The third-order valence-corrected chi connectivity index (χ3v) is 4.08. The first-order valence-corrected chi connectivity index (χ1v) is 8.36. The van der Waals surface area contributed by atoms with Gasteiger partial charge in [0, 0.05) is 25.3 Å². The molecule has 26 heavy (non-hydrogen) atoms. The molecule has 2 aliphatic heterocycles. The minimum absolute atomic E-state index is 0.334. The van der Waals surface area contributed by atoms with Crippen LogP contribution in [0.15, 0.2) is 45.7 Å². The average molecular weight is 358 g/mol. The van der Waals surface area contributed by atoms with Gasteiger partial charge in [-0.3, -0.25) is 4.99 Å². The van der Waals surface area contributed by atoms with Crippen LogP contribution >= 0.6 is 0 Å². The van der Waals surface area contributed by atoms with Crippen LogP contribution in [0.2, 0.25) is 0 Å². The lowest BCUT2D eigenvalue weighted by Crippen LogP contribution is -2.34. The predicted octanol–water partition coefficient (Wildman–Crippen LogP) is 2.57. The molecule has 0 unspecified atom stereocenters. The van der Waals surface area contributed by atoms with E-state index in [4.69, 9.17) is 14.7 Å². The molecule has 7 heteroatoms. The van der Waals surface area contributed by atoms with Crippen LogP contribution < -0.4 is 5.32 Å². The second-order valence-corrected chi connectivity index (χ2v) is 7.69. The van der Waals surface area contributed by atoms with Crippen LogP contribution in [0.3, 0.4) is 0 Å². The maximum Gasteiger partial charge on any atom is 0.216 e. The van der Waals surface area contributed by atoms with Crippen molar-refractivity contribution in [3.05, 3.63) is 35.7 Å². The largest absolute Gasteiger partial charge is 0.466 e. The van der Waals surface area contributed by atoms with E-state index in [1.54, 1.807) is 33.0 Å². The molecule has 7 nitrogen and oxygen atoms in total. The Morgan fingerprint density at radius 3 is 2.31 bits per heavy atom. The second-order valence-electron chi connectivity index (χ2n) is 7.69. The third-order valence-electron chi connectivity index (χ3n) is 4.08. The molecule has 140 valence electrons. The number of nitrogens with one attached hydrogen (secondary N) is 1. The summed E-state index contributed by atoms with van der Waals surface area (Å²) in [5.74, 6) is 0.870. The third kappa shape index (κ3) is 4.14. The number of aliphatic imine (C=N–C) groups is 2. The first-order valence-electron chi connectivity index (χ1n) is 8.36. The van der Waals surface area contributed by atoms with Crippen LogP contribution in [0.25, 0.3) is 0 Å². The zero-order valence-electron chi connectivity index (χ0n) is 16.3. The van der Waals surface area contributed by atoms with Gasteiger partial charge < -0.3 is 19.9 Å². The maximum atomic E-state index is 10.2. The highest BCUT2D eigenvalue weighted by molar-refractivity contribution is 6.06. The molecule has 2 heterocycles. The SMILES string of the molecule is CN=C1C=C(N=C2C=C(NC(=CC#N)C(C)(C)O)OC2(C)C)OC1(C)C. The minimum Gasteiger partial charge on any atom is -0.466 e. The number of hydrogen-bond acceptors (Lipinski definition) is 7. The fourth-order valence-electron chi connectivity index (χ4n) is 2.59. The normalized spacial score (nSPS) is 24.7. The van der Waals surface area contributed by atoms with E-state index in [0.29, 0.717) is 23.2 Å². The van der Waals surface area contributed by atoms with Gasteiger partial charge >= 0.3 is 0 Å². The molecule has 0 saturated carbocycles. The molecule has 0 radical (unpaired) electrons. The van der Waals surface area contributed by atoms with Crippen molar-refractivity contribution in [1.29, 1.82) is 5.26 Å². The molecular weight excluding hydrogens is 332 g/mol. The highest BCUT2D eigenvalue weighted by Crippen LogP contribution is 2.30. The molecule has 0 saturated heterocycles. The Morgan fingerprint density at radius 2 is 1.81 bits per heavy atom. The number of ether oxygens (including phenoxy) is 2. The Labute approximate surface area is 154 Å². The summed E-state index contributed by atoms with van der Waals surface area (Å²) in [6.45, 7) is 10.8. The van der Waals surface area contributed by atoms with Gasteiger partial charge in [0.25, 0.3) is 0 Å². The molecule has 2 aliphatic rings. The Bertz CT molecular complexity index is 785. The predicted molar refractivity (Wildman–Crippen MR) is 100 cm³/mol. The second kappa shape index (κ2) is 6.61. The summed E-state index contributed by atoms with van der Waals surface area (Å²) >= 11 is 0. The summed E-state index contributed by atoms with van der Waals surface area (Å²) in [6.07, 6.45) is 4.79. The average Bonchev–Trinajstić information content (AvgIpc) is 2.93. The summed E-state index contributed by atoms with van der Waals surface area (Å²) in [7, 11) is 1.72. The maximum absolute atomic E-state index is 10.2. The lowest BCUT2D eigenvalue weighted by molar-refractivity contribution is 0.0793. The van der Waals surface area contributed by atoms with Crippen molar-refractivity contribution < 1.29 is 14.6 Å². The monoisotopic (exact) mass is 358 g/mol. The number of rotatable bonds is 4. The fourth-order valence-corrected chi connectivity index (χ4v) is 2.59. The lowest BCUT2D eigenvalue weighted by Gasteiger charge is -2.25. The number of nitriles is 1. The molecule has 0 spiro atoms. The van der Waals surface area contributed by atoms with Crippen LogP contribution in [-0.4, -0.2) is 40.4 Å². The number of hydrogen-bond donors (Lipinski definition) is 2. The number of nitrogens with zero attached hydrogens (tertiary/aromatic N) is 3. The van der Waals surface area contributed by atoms with Gasteiger partial charge in [-0.05, 0) is 41.5 Å². The summed E-state index contributed by atoms with van der Waals surface area (Å²) in [5.41, 5.74) is -0.617. The molecule has 0 fully saturated rings. The fraction of sp³-hybridized carbons (Fsp3) is 0.526. The first-order chi connectivity index (χ1) is 11.9. The van der Waals surface area contributed by atoms with Gasteiger partial charge in [0.2, 0.25) is 5.88 Å². The van der Waals surface area contributed by atoms with E-state index in [-0.39, 0.29) is 0 Å². The van der Waals surface area contributed by atoms with Crippen molar-refractivity contribution in [3.63, 3.8) is 0 Å². The van der Waals surface area contributed by atoms with E-state index < -0.39 is 16.8 Å². The van der Waals surface area contributed by atoms with Gasteiger partial charge in [0.1, 0.15) is 11.2 Å². The van der Waals surface area contributed by atoms with Crippen LogP contribution in [0.5, 0.6) is 0 Å². The van der Waals surface area contributed by atoms with Crippen molar-refractivity contribution in [2.45, 2.75) is 58.3 Å². The van der Waals surface area contributed by atoms with Crippen molar-refractivity contribution >= 4 is 11.4 Å². The van der Waals surface area contributed by atoms with E-state index in [1.165, 1.54) is 6.08 Å². The van der Waals surface area contributed by atoms with Gasteiger partial charge in [0.15, 0.2) is 5.88 Å². The molecular formula is C19H26N4O3. The van der Waals surface area contributed by atoms with Gasteiger partial charge in [-0.15, -0.1) is 0 Å². The van der Waals surface area contributed by atoms with Gasteiger partial charge in [0.05, 0.1) is 28.8 Å². The Morgan fingerprint density at radius 1 is 1.19 bits per heavy atom. The zero-order chi connectivity index (χ0) is 19.8. The van der Waals surface area contributed by atoms with Crippen LogP contribution in [0.1, 0.15) is 41.5 Å². The first kappa shape index (κ1) is 19.7. The molecule has 0 aliphatic carbocycles. The Balaban J connectivity index is 2.31. The Hall–Kier alpha value is -2.59. The molecule has 2 rings (SSSR count). The molecule has 0 aromatic heterocycles. The Kier molecular flexibility index (Phi) is 5.02. The van der Waals surface area contributed by atoms with Crippen molar-refractivity contribution in [2.75, 3.05) is 7.05 Å². The highest BCUT2D eigenvalue weighted by atomic mass is 16.5. The van der Waals surface area contributed by atoms with Crippen LogP contribution in [0, 0.1) is 11.3 Å². The smallest absolute Gasteiger partial charge is 0.216 e. The topological polar surface area (TPSA) is 99.2 Å². The van der Waals surface area contributed by atoms with Crippen LogP contribution in [0.4, 0.5) is 0 Å². The van der Waals surface area contributed by atoms with Crippen molar-refractivity contribution in [1.82, 2.24) is 5.32 Å². The molecule has 0 aromatic rings. The summed E-state index contributed by atoms with van der Waals surface area (Å²) in [6, 6.07) is 1.92. The summed E-state index contributed by atoms with van der Waals surface area (Å²) < 4.78 is 11.8. The molecule has 0 amide bonds. The summed E-state index contributed by atoms with van der Waals surface area (Å²) in [5, 5.41) is 22.1. The standard InChI is InChI=1S/C19H26N4O3/c1-17(2,24)12(8-9-20)22-16-11-14(19(5,6)26-16)23-15-10-13(21-7)18(3,4)25-15/h8,10-11,22,24H,1-7H3. The highest BCUT2D eigenvalue weighted by Gasteiger charge is 2.37. The van der Waals surface area contributed by atoms with E-state index >= 15 is 0 Å². The molecule has 2 N–H and O–H groups in total.